The highest BCUT2D eigenvalue weighted by atomic mass is 79.9. The molecule has 7 heteroatoms. The summed E-state index contributed by atoms with van der Waals surface area (Å²) in [4.78, 5) is 18.6. The summed E-state index contributed by atoms with van der Waals surface area (Å²) in [6.07, 6.45) is 3.06. The quantitative estimate of drug-likeness (QED) is 0.891. The monoisotopic (exact) mass is 349 g/mol. The van der Waals surface area contributed by atoms with E-state index in [0.717, 1.165) is 23.2 Å². The van der Waals surface area contributed by atoms with Crippen molar-refractivity contribution in [2.24, 2.45) is 0 Å². The smallest absolute Gasteiger partial charge is 0.256 e. The summed E-state index contributed by atoms with van der Waals surface area (Å²) in [6.45, 7) is 4.34. The minimum atomic E-state index is 0.0290. The first-order valence-electron chi connectivity index (χ1n) is 6.82. The van der Waals surface area contributed by atoms with Crippen molar-refractivity contribution in [3.05, 3.63) is 40.9 Å². The topological polar surface area (TPSA) is 63.1 Å². The van der Waals surface area contributed by atoms with Gasteiger partial charge in [0.1, 0.15) is 12.7 Å². The summed E-state index contributed by atoms with van der Waals surface area (Å²) in [6, 6.07) is 5.90. The van der Waals surface area contributed by atoms with Crippen molar-refractivity contribution in [3.63, 3.8) is 0 Å². The highest BCUT2D eigenvalue weighted by Crippen LogP contribution is 2.21. The van der Waals surface area contributed by atoms with E-state index in [1.165, 1.54) is 6.33 Å². The largest absolute Gasteiger partial charge is 0.336 e. The van der Waals surface area contributed by atoms with Crippen LogP contribution in [0.4, 0.5) is 0 Å². The fraction of sp³-hybridized carbons (Fsp3) is 0.357. The lowest BCUT2D eigenvalue weighted by molar-refractivity contribution is 0.0709. The summed E-state index contributed by atoms with van der Waals surface area (Å²) in [5, 5.41) is 7.47. The predicted molar refractivity (Wildman–Crippen MR) is 82.4 cm³/mol. The molecule has 21 heavy (non-hydrogen) atoms. The average Bonchev–Trinajstić information content (AvgIpc) is 3.00. The molecule has 2 heterocycles. The van der Waals surface area contributed by atoms with Gasteiger partial charge in [0.25, 0.3) is 5.91 Å². The van der Waals surface area contributed by atoms with Gasteiger partial charge in [-0.05, 0) is 25.1 Å². The molecular weight excluding hydrogens is 334 g/mol. The molecule has 0 radical (unpaired) electrons. The van der Waals surface area contributed by atoms with Gasteiger partial charge in [-0.25, -0.2) is 9.67 Å². The Morgan fingerprint density at radius 2 is 2.33 bits per heavy atom. The standard InChI is InChI=1S/C14H16BrN5O/c1-10-7-19(5-4-17-10)14(21)12-3-2-11(15)6-13(12)20-9-16-8-18-20/h2-3,6,8-10,17H,4-5,7H2,1H3/t10-/m1/s1. The number of hydrogen-bond donors (Lipinski definition) is 1. The Labute approximate surface area is 131 Å². The molecule has 1 N–H and O–H groups in total. The number of benzene rings is 1. The van der Waals surface area contributed by atoms with Gasteiger partial charge in [-0.15, -0.1) is 0 Å². The summed E-state index contributed by atoms with van der Waals surface area (Å²) < 4.78 is 2.52. The third-order valence-electron chi connectivity index (χ3n) is 3.51. The highest BCUT2D eigenvalue weighted by molar-refractivity contribution is 9.10. The zero-order valence-electron chi connectivity index (χ0n) is 11.7. The number of nitrogens with one attached hydrogen (secondary N) is 1. The van der Waals surface area contributed by atoms with Gasteiger partial charge in [-0.3, -0.25) is 4.79 Å². The van der Waals surface area contributed by atoms with Crippen LogP contribution in [-0.4, -0.2) is 51.2 Å². The van der Waals surface area contributed by atoms with E-state index < -0.39 is 0 Å². The van der Waals surface area contributed by atoms with E-state index in [1.807, 2.05) is 23.1 Å². The Kier molecular flexibility index (Phi) is 4.03. The molecule has 6 nitrogen and oxygen atoms in total. The molecule has 0 saturated carbocycles. The fourth-order valence-corrected chi connectivity index (χ4v) is 2.84. The van der Waals surface area contributed by atoms with Crippen molar-refractivity contribution in [3.8, 4) is 5.69 Å². The predicted octanol–water partition coefficient (Wildman–Crippen LogP) is 1.46. The van der Waals surface area contributed by atoms with Crippen LogP contribution in [0, 0.1) is 0 Å². The zero-order valence-corrected chi connectivity index (χ0v) is 13.2. The van der Waals surface area contributed by atoms with E-state index in [-0.39, 0.29) is 5.91 Å². The Hall–Kier alpha value is -1.73. The van der Waals surface area contributed by atoms with Crippen molar-refractivity contribution in [1.82, 2.24) is 25.0 Å². The molecule has 1 aromatic heterocycles. The number of rotatable bonds is 2. The first-order chi connectivity index (χ1) is 10.1. The third-order valence-corrected chi connectivity index (χ3v) is 4.00. The lowest BCUT2D eigenvalue weighted by atomic mass is 10.1. The van der Waals surface area contributed by atoms with Crippen LogP contribution in [0.5, 0.6) is 0 Å². The maximum atomic E-state index is 12.8. The SMILES string of the molecule is C[C@@H]1CN(C(=O)c2ccc(Br)cc2-n2cncn2)CCN1. The fourth-order valence-electron chi connectivity index (χ4n) is 2.49. The zero-order chi connectivity index (χ0) is 14.8. The molecule has 0 aliphatic carbocycles. The minimum absolute atomic E-state index is 0.0290. The highest BCUT2D eigenvalue weighted by Gasteiger charge is 2.24. The van der Waals surface area contributed by atoms with Crippen LogP contribution in [0.2, 0.25) is 0 Å². The van der Waals surface area contributed by atoms with Crippen molar-refractivity contribution in [2.45, 2.75) is 13.0 Å². The van der Waals surface area contributed by atoms with Crippen LogP contribution in [0.1, 0.15) is 17.3 Å². The second kappa shape index (κ2) is 5.95. The average molecular weight is 350 g/mol. The third kappa shape index (κ3) is 2.98. The first-order valence-corrected chi connectivity index (χ1v) is 7.61. The van der Waals surface area contributed by atoms with Gasteiger partial charge in [0.15, 0.2) is 0 Å². The number of nitrogens with zero attached hydrogens (tertiary/aromatic N) is 4. The molecule has 1 fully saturated rings. The van der Waals surface area contributed by atoms with Crippen LogP contribution in [0.25, 0.3) is 5.69 Å². The summed E-state index contributed by atoms with van der Waals surface area (Å²) >= 11 is 3.44. The van der Waals surface area contributed by atoms with Crippen molar-refractivity contribution < 1.29 is 4.79 Å². The molecule has 1 aliphatic heterocycles. The van der Waals surface area contributed by atoms with Gasteiger partial charge < -0.3 is 10.2 Å². The van der Waals surface area contributed by atoms with Crippen LogP contribution in [0.3, 0.4) is 0 Å². The second-order valence-electron chi connectivity index (χ2n) is 5.11. The number of aromatic nitrogens is 3. The molecular formula is C14H16BrN5O. The van der Waals surface area contributed by atoms with Crippen LogP contribution >= 0.6 is 15.9 Å². The van der Waals surface area contributed by atoms with E-state index in [1.54, 1.807) is 11.0 Å². The Bertz CT molecular complexity index is 643. The van der Waals surface area contributed by atoms with Crippen LogP contribution in [0.15, 0.2) is 35.3 Å². The first kappa shape index (κ1) is 14.2. The van der Waals surface area contributed by atoms with Gasteiger partial charge in [0, 0.05) is 30.1 Å². The van der Waals surface area contributed by atoms with E-state index >= 15 is 0 Å². The van der Waals surface area contributed by atoms with E-state index in [2.05, 4.69) is 38.3 Å². The number of piperazine rings is 1. The molecule has 0 unspecified atom stereocenters. The van der Waals surface area contributed by atoms with Crippen LogP contribution < -0.4 is 5.32 Å². The maximum Gasteiger partial charge on any atom is 0.256 e. The van der Waals surface area contributed by atoms with Crippen molar-refractivity contribution in [1.29, 1.82) is 0 Å². The number of carbonyl (C=O) groups excluding carboxylic acids is 1. The summed E-state index contributed by atoms with van der Waals surface area (Å²) in [5.41, 5.74) is 1.37. The number of amides is 1. The number of halogens is 1. The Balaban J connectivity index is 1.96. The van der Waals surface area contributed by atoms with Gasteiger partial charge in [0.2, 0.25) is 0 Å². The van der Waals surface area contributed by atoms with E-state index in [4.69, 9.17) is 0 Å². The Morgan fingerprint density at radius 1 is 1.48 bits per heavy atom. The van der Waals surface area contributed by atoms with Crippen LogP contribution in [-0.2, 0) is 0 Å². The van der Waals surface area contributed by atoms with Crippen molar-refractivity contribution >= 4 is 21.8 Å². The van der Waals surface area contributed by atoms with Gasteiger partial charge in [-0.2, -0.15) is 5.10 Å². The van der Waals surface area contributed by atoms with Gasteiger partial charge in [0.05, 0.1) is 11.3 Å². The number of carbonyl (C=O) groups is 1. The molecule has 1 aliphatic rings. The molecule has 1 saturated heterocycles. The minimum Gasteiger partial charge on any atom is -0.336 e. The molecule has 0 bridgehead atoms. The lowest BCUT2D eigenvalue weighted by Crippen LogP contribution is -2.51. The van der Waals surface area contributed by atoms with E-state index in [9.17, 15) is 4.79 Å². The lowest BCUT2D eigenvalue weighted by Gasteiger charge is -2.32. The molecule has 0 spiro atoms. The molecule has 3 rings (SSSR count). The molecule has 1 amide bonds. The van der Waals surface area contributed by atoms with Crippen molar-refractivity contribution in [2.75, 3.05) is 19.6 Å². The number of hydrogen-bond acceptors (Lipinski definition) is 4. The summed E-state index contributed by atoms with van der Waals surface area (Å²) in [7, 11) is 0. The van der Waals surface area contributed by atoms with Gasteiger partial charge in [-0.1, -0.05) is 15.9 Å². The maximum absolute atomic E-state index is 12.8. The second-order valence-corrected chi connectivity index (χ2v) is 6.02. The molecule has 1 atom stereocenters. The normalized spacial score (nSPS) is 18.8. The molecule has 110 valence electrons. The molecule has 1 aromatic carbocycles. The molecule has 2 aromatic rings. The summed E-state index contributed by atoms with van der Waals surface area (Å²) in [5.74, 6) is 0.0290. The van der Waals surface area contributed by atoms with Gasteiger partial charge >= 0.3 is 0 Å². The Morgan fingerprint density at radius 3 is 3.05 bits per heavy atom. The van der Waals surface area contributed by atoms with E-state index in [0.29, 0.717) is 18.2 Å².